The Kier molecular flexibility index (Phi) is 9.17. The molecule has 0 bridgehead atoms. The van der Waals surface area contributed by atoms with Gasteiger partial charge in [-0.3, -0.25) is 14.6 Å². The van der Waals surface area contributed by atoms with E-state index in [1.54, 1.807) is 0 Å². The number of ether oxygens (including phenoxy) is 1. The van der Waals surface area contributed by atoms with Crippen LogP contribution in [0.2, 0.25) is 10.0 Å². The van der Waals surface area contributed by atoms with Crippen molar-refractivity contribution in [2.24, 2.45) is 0 Å². The Morgan fingerprint density at radius 3 is 2.66 bits per heavy atom. The number of amides is 1. The van der Waals surface area contributed by atoms with Crippen LogP contribution in [0.15, 0.2) is 36.4 Å². The molecule has 172 valence electrons. The van der Waals surface area contributed by atoms with Crippen molar-refractivity contribution in [1.82, 2.24) is 9.88 Å². The van der Waals surface area contributed by atoms with Crippen molar-refractivity contribution < 1.29 is 9.53 Å². The number of anilines is 1. The van der Waals surface area contributed by atoms with Crippen LogP contribution < -0.4 is 4.90 Å². The minimum atomic E-state index is -0.00196. The maximum atomic E-state index is 13.4. The van der Waals surface area contributed by atoms with E-state index in [1.807, 2.05) is 48.2 Å². The lowest BCUT2D eigenvalue weighted by molar-refractivity contribution is -0.118. The number of benzene rings is 2. The van der Waals surface area contributed by atoms with Crippen molar-refractivity contribution in [2.45, 2.75) is 19.8 Å². The SMILES string of the molecule is Cc1c(Cl)ccc2sc(N(CCCN3CCOCC3)C(=O)Cc3ccccc3Cl)nc12.Cl. The molecule has 1 aromatic heterocycles. The molecule has 0 saturated carbocycles. The van der Waals surface area contributed by atoms with E-state index in [0.29, 0.717) is 21.7 Å². The molecule has 1 fully saturated rings. The molecule has 2 heterocycles. The summed E-state index contributed by atoms with van der Waals surface area (Å²) >= 11 is 14.1. The van der Waals surface area contributed by atoms with E-state index in [4.69, 9.17) is 32.9 Å². The summed E-state index contributed by atoms with van der Waals surface area (Å²) in [5, 5.41) is 2.00. The monoisotopic (exact) mass is 513 g/mol. The highest BCUT2D eigenvalue weighted by molar-refractivity contribution is 7.22. The maximum Gasteiger partial charge on any atom is 0.233 e. The molecule has 0 N–H and O–H groups in total. The fraction of sp³-hybridized carbons (Fsp3) is 0.391. The maximum absolute atomic E-state index is 13.4. The largest absolute Gasteiger partial charge is 0.379 e. The highest BCUT2D eigenvalue weighted by atomic mass is 35.5. The number of thiazole rings is 1. The van der Waals surface area contributed by atoms with Gasteiger partial charge in [0, 0.05) is 36.2 Å². The van der Waals surface area contributed by atoms with E-state index in [2.05, 4.69) is 4.90 Å². The van der Waals surface area contributed by atoms with E-state index in [0.717, 1.165) is 60.6 Å². The summed E-state index contributed by atoms with van der Waals surface area (Å²) in [6.45, 7) is 6.91. The summed E-state index contributed by atoms with van der Waals surface area (Å²) in [7, 11) is 0. The predicted octanol–water partition coefficient (Wildman–Crippen LogP) is 5.63. The number of hydrogen-bond acceptors (Lipinski definition) is 5. The summed E-state index contributed by atoms with van der Waals surface area (Å²) in [4.78, 5) is 22.3. The number of rotatable bonds is 7. The molecule has 0 unspecified atom stereocenters. The molecule has 9 heteroatoms. The number of carbonyl (C=O) groups excluding carboxylic acids is 1. The van der Waals surface area contributed by atoms with Gasteiger partial charge in [0.1, 0.15) is 0 Å². The first kappa shape index (κ1) is 25.2. The average molecular weight is 515 g/mol. The van der Waals surface area contributed by atoms with Crippen LogP contribution >= 0.6 is 46.9 Å². The first-order valence-corrected chi connectivity index (χ1v) is 12.0. The zero-order valence-corrected chi connectivity index (χ0v) is 21.0. The van der Waals surface area contributed by atoms with Crippen LogP contribution in [0.3, 0.4) is 0 Å². The topological polar surface area (TPSA) is 45.7 Å². The predicted molar refractivity (Wildman–Crippen MR) is 136 cm³/mol. The van der Waals surface area contributed by atoms with Crippen LogP contribution in [0.4, 0.5) is 5.13 Å². The molecule has 0 radical (unpaired) electrons. The molecular formula is C23H26Cl3N3O2S. The van der Waals surface area contributed by atoms with Crippen LogP contribution in [0.25, 0.3) is 10.2 Å². The van der Waals surface area contributed by atoms with Crippen molar-refractivity contribution in [1.29, 1.82) is 0 Å². The minimum absolute atomic E-state index is 0. The van der Waals surface area contributed by atoms with Crippen molar-refractivity contribution >= 4 is 68.2 Å². The van der Waals surface area contributed by atoms with Gasteiger partial charge in [0.05, 0.1) is 29.9 Å². The fourth-order valence-electron chi connectivity index (χ4n) is 3.71. The Morgan fingerprint density at radius 2 is 1.91 bits per heavy atom. The van der Waals surface area contributed by atoms with E-state index in [1.165, 1.54) is 11.3 Å². The van der Waals surface area contributed by atoms with E-state index >= 15 is 0 Å². The van der Waals surface area contributed by atoms with Crippen molar-refractivity contribution in [3.05, 3.63) is 57.6 Å². The zero-order chi connectivity index (χ0) is 21.8. The van der Waals surface area contributed by atoms with E-state index in [-0.39, 0.29) is 24.7 Å². The number of aromatic nitrogens is 1. The van der Waals surface area contributed by atoms with Gasteiger partial charge in [-0.2, -0.15) is 0 Å². The molecule has 1 aliphatic rings. The Labute approximate surface area is 208 Å². The number of nitrogens with zero attached hydrogens (tertiary/aromatic N) is 3. The van der Waals surface area contributed by atoms with Gasteiger partial charge < -0.3 is 4.74 Å². The Balaban J connectivity index is 0.00000289. The van der Waals surface area contributed by atoms with Crippen molar-refractivity contribution in [3.63, 3.8) is 0 Å². The number of morpholine rings is 1. The molecule has 1 saturated heterocycles. The van der Waals surface area contributed by atoms with Gasteiger partial charge in [-0.15, -0.1) is 12.4 Å². The molecule has 4 rings (SSSR count). The second-order valence-corrected chi connectivity index (χ2v) is 9.46. The second kappa shape index (κ2) is 11.6. The molecule has 2 aromatic carbocycles. The van der Waals surface area contributed by atoms with Gasteiger partial charge in [-0.1, -0.05) is 52.7 Å². The van der Waals surface area contributed by atoms with Gasteiger partial charge >= 0.3 is 0 Å². The third-order valence-corrected chi connectivity index (χ3v) is 7.35. The molecule has 3 aromatic rings. The highest BCUT2D eigenvalue weighted by Crippen LogP contribution is 2.34. The highest BCUT2D eigenvalue weighted by Gasteiger charge is 2.22. The average Bonchev–Trinajstić information content (AvgIpc) is 3.21. The Hall–Kier alpha value is -1.41. The summed E-state index contributed by atoms with van der Waals surface area (Å²) in [6, 6.07) is 11.3. The number of halogens is 3. The summed E-state index contributed by atoms with van der Waals surface area (Å²) < 4.78 is 6.46. The lowest BCUT2D eigenvalue weighted by atomic mass is 10.1. The normalized spacial score (nSPS) is 14.3. The molecule has 0 spiro atoms. The summed E-state index contributed by atoms with van der Waals surface area (Å²) in [5.41, 5.74) is 2.62. The second-order valence-electron chi connectivity index (χ2n) is 7.64. The zero-order valence-electron chi connectivity index (χ0n) is 17.9. The molecular weight excluding hydrogens is 489 g/mol. The Bertz CT molecular complexity index is 1070. The number of aryl methyl sites for hydroxylation is 1. The van der Waals surface area contributed by atoms with Crippen molar-refractivity contribution in [2.75, 3.05) is 44.3 Å². The third kappa shape index (κ3) is 5.93. The molecule has 0 atom stereocenters. The smallest absolute Gasteiger partial charge is 0.233 e. The number of carbonyl (C=O) groups is 1. The molecule has 32 heavy (non-hydrogen) atoms. The summed E-state index contributed by atoms with van der Waals surface area (Å²) in [6.07, 6.45) is 1.11. The van der Waals surface area contributed by atoms with E-state index in [9.17, 15) is 4.79 Å². The van der Waals surface area contributed by atoms with Gasteiger partial charge in [-0.25, -0.2) is 4.98 Å². The standard InChI is InChI=1S/C23H25Cl2N3O2S.ClH/c1-16-18(24)7-8-20-22(16)26-23(31-20)28(10-4-9-27-11-13-30-14-12-27)21(29)15-17-5-2-3-6-19(17)25;/h2-3,5-8H,4,9-15H2,1H3;1H. The van der Waals surface area contributed by atoms with Crippen LogP contribution in [0, 0.1) is 6.92 Å². The van der Waals surface area contributed by atoms with Crippen LogP contribution in [-0.4, -0.2) is 55.2 Å². The van der Waals surface area contributed by atoms with Crippen LogP contribution in [-0.2, 0) is 16.0 Å². The van der Waals surface area contributed by atoms with E-state index < -0.39 is 0 Å². The summed E-state index contributed by atoms with van der Waals surface area (Å²) in [5.74, 6) is -0.00196. The molecule has 5 nitrogen and oxygen atoms in total. The quantitative estimate of drug-likeness (QED) is 0.410. The van der Waals surface area contributed by atoms with Crippen LogP contribution in [0.5, 0.6) is 0 Å². The number of hydrogen-bond donors (Lipinski definition) is 0. The van der Waals surface area contributed by atoms with Gasteiger partial charge in [0.15, 0.2) is 5.13 Å². The van der Waals surface area contributed by atoms with Gasteiger partial charge in [0.2, 0.25) is 5.91 Å². The molecule has 0 aliphatic carbocycles. The lowest BCUT2D eigenvalue weighted by Gasteiger charge is -2.27. The van der Waals surface area contributed by atoms with Crippen molar-refractivity contribution in [3.8, 4) is 0 Å². The fourth-order valence-corrected chi connectivity index (χ4v) is 5.13. The van der Waals surface area contributed by atoms with Gasteiger partial charge in [-0.05, 0) is 42.7 Å². The molecule has 1 aliphatic heterocycles. The third-order valence-electron chi connectivity index (χ3n) is 5.53. The minimum Gasteiger partial charge on any atom is -0.379 e. The lowest BCUT2D eigenvalue weighted by Crippen LogP contribution is -2.39. The van der Waals surface area contributed by atoms with Crippen LogP contribution in [0.1, 0.15) is 17.5 Å². The first-order valence-electron chi connectivity index (χ1n) is 10.4. The molecule has 1 amide bonds. The number of fused-ring (bicyclic) bond motifs is 1. The first-order chi connectivity index (χ1) is 15.0. The van der Waals surface area contributed by atoms with Gasteiger partial charge in [0.25, 0.3) is 0 Å². The Morgan fingerprint density at radius 1 is 1.16 bits per heavy atom.